The molecular formula is C30H28N4O5S2. The number of hydrogen-bond acceptors (Lipinski definition) is 9. The van der Waals surface area contributed by atoms with Crippen molar-refractivity contribution in [3.63, 3.8) is 0 Å². The zero-order valence-corrected chi connectivity index (χ0v) is 24.1. The van der Waals surface area contributed by atoms with Gasteiger partial charge < -0.3 is 19.9 Å². The standard InChI is InChI=1S/C30H28N4O5S2/c1-38-23-12-11-19(16-24(23)39-2)13-15-34-29(37)25(41-30(34)40)17-21-27(31-18-22(35)20-8-4-3-5-9-20)32-26-10-6-7-14-33(26)28(21)36/h3-12,14,16-17,22,31,35H,13,15,18H2,1-2H3/b25-17+. The lowest BCUT2D eigenvalue weighted by Gasteiger charge is -2.16. The number of rotatable bonds is 10. The Balaban J connectivity index is 1.40. The van der Waals surface area contributed by atoms with Crippen LogP contribution in [0.15, 0.2) is 82.6 Å². The number of anilines is 1. The van der Waals surface area contributed by atoms with Crippen molar-refractivity contribution in [3.8, 4) is 11.5 Å². The third kappa shape index (κ3) is 6.12. The lowest BCUT2D eigenvalue weighted by atomic mass is 10.1. The molecule has 2 N–H and O–H groups in total. The van der Waals surface area contributed by atoms with E-state index in [0.717, 1.165) is 22.9 Å². The van der Waals surface area contributed by atoms with E-state index < -0.39 is 6.10 Å². The van der Waals surface area contributed by atoms with E-state index >= 15 is 0 Å². The molecule has 1 aliphatic heterocycles. The highest BCUT2D eigenvalue weighted by Crippen LogP contribution is 2.34. The Kier molecular flexibility index (Phi) is 8.67. The summed E-state index contributed by atoms with van der Waals surface area (Å²) in [4.78, 5) is 33.4. The second-order valence-corrected chi connectivity index (χ2v) is 10.9. The Labute approximate surface area is 246 Å². The molecule has 1 atom stereocenters. The van der Waals surface area contributed by atoms with Gasteiger partial charge in [-0.2, -0.15) is 0 Å². The number of ether oxygens (including phenoxy) is 2. The summed E-state index contributed by atoms with van der Waals surface area (Å²) in [5.41, 5.74) is 1.99. The summed E-state index contributed by atoms with van der Waals surface area (Å²) >= 11 is 6.67. The highest BCUT2D eigenvalue weighted by molar-refractivity contribution is 8.26. The number of carbonyl (C=O) groups excluding carboxylic acids is 1. The van der Waals surface area contributed by atoms with E-state index in [2.05, 4.69) is 10.3 Å². The largest absolute Gasteiger partial charge is 0.493 e. The number of hydrogen-bond donors (Lipinski definition) is 2. The van der Waals surface area contributed by atoms with Crippen LogP contribution >= 0.6 is 24.0 Å². The van der Waals surface area contributed by atoms with Crippen LogP contribution in [-0.4, -0.2) is 56.9 Å². The Morgan fingerprint density at radius 2 is 1.80 bits per heavy atom. The number of aliphatic hydroxyl groups excluding tert-OH is 1. The van der Waals surface area contributed by atoms with E-state index in [1.165, 1.54) is 15.4 Å². The lowest BCUT2D eigenvalue weighted by Crippen LogP contribution is -2.30. The summed E-state index contributed by atoms with van der Waals surface area (Å²) < 4.78 is 12.5. The molecule has 11 heteroatoms. The van der Waals surface area contributed by atoms with Crippen molar-refractivity contribution in [3.05, 3.63) is 105 Å². The van der Waals surface area contributed by atoms with Gasteiger partial charge in [-0.1, -0.05) is 66.4 Å². The highest BCUT2D eigenvalue weighted by atomic mass is 32.2. The molecule has 0 aliphatic carbocycles. The smallest absolute Gasteiger partial charge is 0.267 e. The fourth-order valence-corrected chi connectivity index (χ4v) is 5.75. The second-order valence-electron chi connectivity index (χ2n) is 9.19. The number of nitrogens with zero attached hydrogens (tertiary/aromatic N) is 3. The molecule has 0 bridgehead atoms. The predicted molar refractivity (Wildman–Crippen MR) is 164 cm³/mol. The number of benzene rings is 2. The number of nitrogens with one attached hydrogen (secondary N) is 1. The summed E-state index contributed by atoms with van der Waals surface area (Å²) in [7, 11) is 3.15. The summed E-state index contributed by atoms with van der Waals surface area (Å²) in [6.07, 6.45) is 2.88. The van der Waals surface area contributed by atoms with Gasteiger partial charge in [0.25, 0.3) is 11.5 Å². The van der Waals surface area contributed by atoms with E-state index in [-0.39, 0.29) is 29.4 Å². The topological polar surface area (TPSA) is 105 Å². The minimum Gasteiger partial charge on any atom is -0.493 e. The quantitative estimate of drug-likeness (QED) is 0.207. The third-order valence-corrected chi connectivity index (χ3v) is 8.02. The van der Waals surface area contributed by atoms with Gasteiger partial charge in [0.1, 0.15) is 15.8 Å². The molecule has 1 amide bonds. The molecule has 3 heterocycles. The maximum atomic E-state index is 13.5. The van der Waals surface area contributed by atoms with Gasteiger partial charge in [-0.05, 0) is 47.9 Å². The fraction of sp³-hybridized carbons (Fsp3) is 0.200. The van der Waals surface area contributed by atoms with Crippen molar-refractivity contribution < 1.29 is 19.4 Å². The van der Waals surface area contributed by atoms with Crippen LogP contribution in [0.4, 0.5) is 5.82 Å². The van der Waals surface area contributed by atoms with Crippen LogP contribution in [-0.2, 0) is 11.2 Å². The summed E-state index contributed by atoms with van der Waals surface area (Å²) in [6.45, 7) is 0.480. The molecule has 0 spiro atoms. The highest BCUT2D eigenvalue weighted by Gasteiger charge is 2.32. The van der Waals surface area contributed by atoms with Gasteiger partial charge in [-0.15, -0.1) is 0 Å². The Hall–Kier alpha value is -4.19. The minimum absolute atomic E-state index is 0.118. The van der Waals surface area contributed by atoms with Gasteiger partial charge in [0.15, 0.2) is 11.5 Å². The van der Waals surface area contributed by atoms with Crippen molar-refractivity contribution in [2.75, 3.05) is 32.6 Å². The van der Waals surface area contributed by atoms with Gasteiger partial charge >= 0.3 is 0 Å². The molecule has 1 unspecified atom stereocenters. The number of thioether (sulfide) groups is 1. The monoisotopic (exact) mass is 588 g/mol. The normalized spacial score (nSPS) is 15.0. The Morgan fingerprint density at radius 1 is 1.05 bits per heavy atom. The van der Waals surface area contributed by atoms with Crippen LogP contribution in [0.5, 0.6) is 11.5 Å². The molecule has 41 heavy (non-hydrogen) atoms. The first-order valence-electron chi connectivity index (χ1n) is 12.8. The predicted octanol–water partition coefficient (Wildman–Crippen LogP) is 4.30. The average Bonchev–Trinajstić information content (AvgIpc) is 3.27. The van der Waals surface area contributed by atoms with Crippen LogP contribution in [0.3, 0.4) is 0 Å². The van der Waals surface area contributed by atoms with Gasteiger partial charge in [0.05, 0.1) is 30.8 Å². The van der Waals surface area contributed by atoms with E-state index in [4.69, 9.17) is 21.7 Å². The summed E-state index contributed by atoms with van der Waals surface area (Å²) in [5, 5.41) is 13.8. The number of methoxy groups -OCH3 is 2. The summed E-state index contributed by atoms with van der Waals surface area (Å²) in [6, 6.07) is 20.1. The van der Waals surface area contributed by atoms with E-state index in [1.807, 2.05) is 48.5 Å². The Morgan fingerprint density at radius 3 is 2.56 bits per heavy atom. The van der Waals surface area contributed by atoms with E-state index in [0.29, 0.717) is 39.3 Å². The molecular weight excluding hydrogens is 560 g/mol. The van der Waals surface area contributed by atoms with E-state index in [1.54, 1.807) is 38.6 Å². The van der Waals surface area contributed by atoms with Gasteiger partial charge in [-0.3, -0.25) is 18.9 Å². The number of amides is 1. The van der Waals surface area contributed by atoms with Gasteiger partial charge in [-0.25, -0.2) is 4.98 Å². The third-order valence-electron chi connectivity index (χ3n) is 6.64. The van der Waals surface area contributed by atoms with Crippen molar-refractivity contribution in [2.45, 2.75) is 12.5 Å². The fourth-order valence-electron chi connectivity index (χ4n) is 4.45. The van der Waals surface area contributed by atoms with Crippen molar-refractivity contribution in [1.82, 2.24) is 14.3 Å². The van der Waals surface area contributed by atoms with Crippen LogP contribution < -0.4 is 20.3 Å². The number of thiocarbonyl (C=S) groups is 1. The van der Waals surface area contributed by atoms with Gasteiger partial charge in [0, 0.05) is 19.3 Å². The summed E-state index contributed by atoms with van der Waals surface area (Å²) in [5.74, 6) is 1.22. The molecule has 2 aromatic carbocycles. The Bertz CT molecular complexity index is 1690. The molecule has 210 valence electrons. The molecule has 9 nitrogen and oxygen atoms in total. The molecule has 5 rings (SSSR count). The maximum Gasteiger partial charge on any atom is 0.267 e. The molecule has 1 fully saturated rings. The first-order valence-corrected chi connectivity index (χ1v) is 14.1. The molecule has 1 saturated heterocycles. The number of fused-ring (bicyclic) bond motifs is 1. The van der Waals surface area contributed by atoms with Crippen LogP contribution in [0, 0.1) is 0 Å². The van der Waals surface area contributed by atoms with Crippen LogP contribution in [0.1, 0.15) is 22.8 Å². The maximum absolute atomic E-state index is 13.5. The zero-order valence-electron chi connectivity index (χ0n) is 22.4. The van der Waals surface area contributed by atoms with E-state index in [9.17, 15) is 14.7 Å². The zero-order chi connectivity index (χ0) is 28.9. The lowest BCUT2D eigenvalue weighted by molar-refractivity contribution is -0.122. The average molecular weight is 589 g/mol. The minimum atomic E-state index is -0.824. The second kappa shape index (κ2) is 12.5. The van der Waals surface area contributed by atoms with Crippen LogP contribution in [0.2, 0.25) is 0 Å². The molecule has 0 saturated carbocycles. The number of carbonyl (C=O) groups is 1. The van der Waals surface area contributed by atoms with Gasteiger partial charge in [0.2, 0.25) is 0 Å². The first kappa shape index (κ1) is 28.3. The van der Waals surface area contributed by atoms with Crippen LogP contribution in [0.25, 0.3) is 11.7 Å². The molecule has 1 aliphatic rings. The number of aliphatic hydroxyl groups is 1. The van der Waals surface area contributed by atoms with Crippen molar-refractivity contribution >= 4 is 51.7 Å². The molecule has 0 radical (unpaired) electrons. The SMILES string of the molecule is COc1ccc(CCN2C(=O)/C(=C\c3c(NCC(O)c4ccccc4)nc4ccccn4c3=O)SC2=S)cc1OC. The molecule has 2 aromatic heterocycles. The first-order chi connectivity index (χ1) is 19.9. The number of aromatic nitrogens is 2. The number of pyridine rings is 1. The van der Waals surface area contributed by atoms with Crippen molar-refractivity contribution in [1.29, 1.82) is 0 Å². The molecule has 4 aromatic rings. The van der Waals surface area contributed by atoms with Crippen molar-refractivity contribution in [2.24, 2.45) is 0 Å².